The molecule has 3 heteroatoms. The van der Waals surface area contributed by atoms with Crippen LogP contribution in [0, 0.1) is 0 Å². The Bertz CT molecular complexity index is 5390. The van der Waals surface area contributed by atoms with E-state index in [0.29, 0.717) is 0 Å². The fourth-order valence-corrected chi connectivity index (χ4v) is 16.4. The van der Waals surface area contributed by atoms with Crippen molar-refractivity contribution in [3.05, 3.63) is 369 Å². The average molecular weight is 1350 g/mol. The Morgan fingerprint density at radius 2 is 0.467 bits per heavy atom. The van der Waals surface area contributed by atoms with E-state index in [4.69, 9.17) is 0 Å². The summed E-state index contributed by atoms with van der Waals surface area (Å²) >= 11 is 0. The van der Waals surface area contributed by atoms with Gasteiger partial charge in [-0.25, -0.2) is 0 Å². The quantitative estimate of drug-likeness (QED) is 0.113. The molecule has 0 spiro atoms. The molecule has 2 heterocycles. The van der Waals surface area contributed by atoms with Crippen LogP contribution in [-0.2, 0) is 16.2 Å². The van der Waals surface area contributed by atoms with Gasteiger partial charge < -0.3 is 9.80 Å². The van der Waals surface area contributed by atoms with Gasteiger partial charge in [-0.1, -0.05) is 378 Å². The van der Waals surface area contributed by atoms with Crippen molar-refractivity contribution in [3.63, 3.8) is 0 Å². The van der Waals surface area contributed by atoms with E-state index >= 15 is 0 Å². The molecule has 17 rings (SSSR count). The largest absolute Gasteiger partial charge is 0.310 e. The maximum absolute atomic E-state index is 2.74. The first-order valence-corrected chi connectivity index (χ1v) is 37.2. The smallest absolute Gasteiger partial charge is 0.252 e. The van der Waals surface area contributed by atoms with Gasteiger partial charge in [0.25, 0.3) is 6.71 Å². The van der Waals surface area contributed by atoms with Gasteiger partial charge in [-0.3, -0.25) is 0 Å². The molecule has 0 atom stereocenters. The van der Waals surface area contributed by atoms with Crippen molar-refractivity contribution < 1.29 is 0 Å². The molecule has 0 aliphatic carbocycles. The Morgan fingerprint density at radius 1 is 0.200 bits per heavy atom. The number of nitrogens with zero attached hydrogens (tertiary/aromatic N) is 2. The lowest BCUT2D eigenvalue weighted by Crippen LogP contribution is -2.61. The van der Waals surface area contributed by atoms with Gasteiger partial charge in [0.05, 0.1) is 11.4 Å². The van der Waals surface area contributed by atoms with Gasteiger partial charge in [0, 0.05) is 45.0 Å². The summed E-state index contributed by atoms with van der Waals surface area (Å²) in [5, 5.41) is 0. The van der Waals surface area contributed by atoms with Gasteiger partial charge in [0.2, 0.25) is 0 Å². The second-order valence-corrected chi connectivity index (χ2v) is 31.6. The lowest BCUT2D eigenvalue weighted by molar-refractivity contribution is 0.590. The SMILES string of the molecule is CC(C)(C)c1cccc(-c2ccc3c(c2)B2c4cc(-c5cccc(C(C)(C)C)c5)ccc4N(c4c(-c5ccccc5)cc(-c5ccccc5)c(-c5ccccc5)c4-c4ccccc4)c4cc(C(C)(C)C)cc(c42)N3c2c(-c3ccccc3)cc(-c3ccccc3)c(-c3ccccc3)c2-c2ccccc2)c1. The molecule has 0 radical (unpaired) electrons. The molecule has 2 aliphatic heterocycles. The van der Waals surface area contributed by atoms with E-state index in [1.165, 1.54) is 66.5 Å². The van der Waals surface area contributed by atoms with Gasteiger partial charge >= 0.3 is 0 Å². The highest BCUT2D eigenvalue weighted by molar-refractivity contribution is 7.00. The lowest BCUT2D eigenvalue weighted by Gasteiger charge is -2.47. The molecule has 0 bridgehead atoms. The number of hydrogen-bond donors (Lipinski definition) is 0. The summed E-state index contributed by atoms with van der Waals surface area (Å²) < 4.78 is 0. The third-order valence-electron chi connectivity index (χ3n) is 21.7. The van der Waals surface area contributed by atoms with Crippen LogP contribution >= 0.6 is 0 Å². The van der Waals surface area contributed by atoms with E-state index in [2.05, 4.69) is 424 Å². The Morgan fingerprint density at radius 3 is 0.771 bits per heavy atom. The highest BCUT2D eigenvalue weighted by atomic mass is 15.2. The number of benzene rings is 15. The van der Waals surface area contributed by atoms with Gasteiger partial charge in [-0.15, -0.1) is 0 Å². The number of rotatable bonds is 12. The molecular formula is C102H85BN2. The molecule has 105 heavy (non-hydrogen) atoms. The van der Waals surface area contributed by atoms with Crippen molar-refractivity contribution in [2.75, 3.05) is 9.80 Å². The van der Waals surface area contributed by atoms with Crippen molar-refractivity contribution in [3.8, 4) is 111 Å². The summed E-state index contributed by atoms with van der Waals surface area (Å²) in [7, 11) is 0. The van der Waals surface area contributed by atoms with Gasteiger partial charge in [0.1, 0.15) is 0 Å². The molecule has 0 unspecified atom stereocenters. The minimum absolute atomic E-state index is 0.0764. The molecule has 0 saturated carbocycles. The minimum Gasteiger partial charge on any atom is -0.310 e. The first kappa shape index (κ1) is 66.2. The second-order valence-electron chi connectivity index (χ2n) is 31.6. The van der Waals surface area contributed by atoms with E-state index in [-0.39, 0.29) is 23.0 Å². The third kappa shape index (κ3) is 12.1. The minimum atomic E-state index is -0.351. The van der Waals surface area contributed by atoms with E-state index < -0.39 is 0 Å². The standard InChI is InChI=1S/C102H85BN2/c1-100(2,3)80-54-34-52-76(60-80)78-56-58-89-87(62-78)103-88-63-79(77-53-35-55-81(61-77)101(4,5)6)57-59-90(88)105(99-86(71-42-24-13-25-43-71)67-84(69-38-20-11-21-39-69)94(73-46-28-15-29-47-73)96(99)75-50-32-17-33-51-75)92-65-82(102(7,8)9)64-91(97(92)103)104(89)98-85(70-40-22-12-23-41-70)66-83(68-36-18-10-19-37-68)93(72-44-26-14-27-45-72)95(98)74-48-30-16-31-49-74/h10-67H,1-9H3. The van der Waals surface area contributed by atoms with Crippen LogP contribution in [0.3, 0.4) is 0 Å². The van der Waals surface area contributed by atoms with Crippen LogP contribution in [0.1, 0.15) is 79.0 Å². The van der Waals surface area contributed by atoms with Gasteiger partial charge in [0.15, 0.2) is 0 Å². The molecule has 15 aromatic carbocycles. The van der Waals surface area contributed by atoms with Gasteiger partial charge in [-0.2, -0.15) is 0 Å². The van der Waals surface area contributed by atoms with Crippen LogP contribution in [-0.4, -0.2) is 6.71 Å². The number of hydrogen-bond acceptors (Lipinski definition) is 2. The first-order valence-electron chi connectivity index (χ1n) is 37.2. The van der Waals surface area contributed by atoms with E-state index in [1.54, 1.807) is 0 Å². The fourth-order valence-electron chi connectivity index (χ4n) is 16.4. The highest BCUT2D eigenvalue weighted by Gasteiger charge is 2.47. The maximum atomic E-state index is 2.74. The average Bonchev–Trinajstić information content (AvgIpc) is 0.684. The predicted molar refractivity (Wildman–Crippen MR) is 451 cm³/mol. The van der Waals surface area contributed by atoms with Crippen molar-refractivity contribution in [2.24, 2.45) is 0 Å². The van der Waals surface area contributed by atoms with Crippen LogP contribution < -0.4 is 26.2 Å². The zero-order valence-electron chi connectivity index (χ0n) is 61.5. The Hall–Kier alpha value is -12.0. The predicted octanol–water partition coefficient (Wildman–Crippen LogP) is 26.3. The molecular weight excluding hydrogens is 1260 g/mol. The van der Waals surface area contributed by atoms with Crippen LogP contribution in [0.15, 0.2) is 352 Å². The van der Waals surface area contributed by atoms with Crippen molar-refractivity contribution in [2.45, 2.75) is 78.6 Å². The Labute approximate surface area is 621 Å². The van der Waals surface area contributed by atoms with Gasteiger partial charge in [-0.05, 0) is 175 Å². The fraction of sp³-hybridized carbons (Fsp3) is 0.118. The zero-order valence-corrected chi connectivity index (χ0v) is 61.5. The van der Waals surface area contributed by atoms with E-state index in [1.807, 2.05) is 0 Å². The molecule has 0 saturated heterocycles. The van der Waals surface area contributed by atoms with Crippen LogP contribution in [0.5, 0.6) is 0 Å². The monoisotopic (exact) mass is 1350 g/mol. The normalized spacial score (nSPS) is 12.6. The first-order chi connectivity index (χ1) is 51.0. The molecule has 0 amide bonds. The van der Waals surface area contributed by atoms with Crippen LogP contribution in [0.2, 0.25) is 0 Å². The summed E-state index contributed by atoms with van der Waals surface area (Å²) in [6.07, 6.45) is 0. The molecule has 2 aliphatic rings. The van der Waals surface area contributed by atoms with Crippen molar-refractivity contribution in [1.82, 2.24) is 0 Å². The number of fused-ring (bicyclic) bond motifs is 4. The zero-order chi connectivity index (χ0) is 71.7. The van der Waals surface area contributed by atoms with E-state index in [9.17, 15) is 0 Å². The molecule has 0 aromatic heterocycles. The highest BCUT2D eigenvalue weighted by Crippen LogP contribution is 2.59. The number of anilines is 6. The Kier molecular flexibility index (Phi) is 16.8. The topological polar surface area (TPSA) is 6.48 Å². The van der Waals surface area contributed by atoms with Crippen molar-refractivity contribution in [1.29, 1.82) is 0 Å². The molecule has 0 N–H and O–H groups in total. The summed E-state index contributed by atoms with van der Waals surface area (Å²) in [4.78, 5) is 5.48. The second kappa shape index (κ2) is 26.7. The molecule has 2 nitrogen and oxygen atoms in total. The summed E-state index contributed by atoms with van der Waals surface area (Å²) in [6, 6.07) is 133. The van der Waals surface area contributed by atoms with Crippen molar-refractivity contribution >= 4 is 57.2 Å². The summed E-state index contributed by atoms with van der Waals surface area (Å²) in [6.45, 7) is 20.9. The molecule has 15 aromatic rings. The third-order valence-corrected chi connectivity index (χ3v) is 21.7. The Balaban J connectivity index is 1.10. The molecule has 0 fully saturated rings. The van der Waals surface area contributed by atoms with E-state index in [0.717, 1.165) is 112 Å². The van der Waals surface area contributed by atoms with Crippen LogP contribution in [0.25, 0.3) is 111 Å². The summed E-state index contributed by atoms with van der Waals surface area (Å²) in [5.74, 6) is 0. The summed E-state index contributed by atoms with van der Waals surface area (Å²) in [5.41, 5.74) is 36.8. The molecule has 506 valence electrons. The lowest BCUT2D eigenvalue weighted by atomic mass is 9.33. The maximum Gasteiger partial charge on any atom is 0.252 e. The van der Waals surface area contributed by atoms with Crippen LogP contribution in [0.4, 0.5) is 34.1 Å².